The quantitative estimate of drug-likeness (QED) is 0.470. The summed E-state index contributed by atoms with van der Waals surface area (Å²) in [5.41, 5.74) is -1.79. The molecular weight excluding hydrogens is 254 g/mol. The number of carbonyl (C=O) groups excluding carboxylic acids is 1. The topological polar surface area (TPSA) is 106 Å². The van der Waals surface area contributed by atoms with E-state index in [2.05, 4.69) is 9.72 Å². The van der Waals surface area contributed by atoms with Gasteiger partial charge in [0.05, 0.1) is 18.6 Å². The van der Waals surface area contributed by atoms with Gasteiger partial charge in [0, 0.05) is 25.2 Å². The molecule has 0 spiro atoms. The molecule has 1 aliphatic heterocycles. The largest absolute Gasteiger partial charge is 0.467 e. The summed E-state index contributed by atoms with van der Waals surface area (Å²) in [6, 6.07) is 2.79. The van der Waals surface area contributed by atoms with E-state index in [-0.39, 0.29) is 24.5 Å². The highest BCUT2D eigenvalue weighted by molar-refractivity contribution is 5.81. The molecular formula is C11H13N3O5. The number of β-amino-alcohol motifs (C(OH)–C–C–N with tert-alkyl or cyclic N) is 1. The van der Waals surface area contributed by atoms with Gasteiger partial charge in [0.15, 0.2) is 5.60 Å². The Labute approximate surface area is 108 Å². The van der Waals surface area contributed by atoms with Crippen molar-refractivity contribution in [3.8, 4) is 0 Å². The third-order valence-corrected chi connectivity index (χ3v) is 3.08. The van der Waals surface area contributed by atoms with E-state index in [4.69, 9.17) is 0 Å². The number of nitrogens with zero attached hydrogens (tertiary/aromatic N) is 3. The van der Waals surface area contributed by atoms with Gasteiger partial charge >= 0.3 is 11.7 Å². The van der Waals surface area contributed by atoms with Crippen LogP contribution in [-0.4, -0.2) is 46.8 Å². The summed E-state index contributed by atoms with van der Waals surface area (Å²) in [5.74, 6) is -0.596. The smallest absolute Gasteiger partial charge is 0.339 e. The summed E-state index contributed by atoms with van der Waals surface area (Å²) in [4.78, 5) is 27.3. The second kappa shape index (κ2) is 4.81. The lowest BCUT2D eigenvalue weighted by Crippen LogP contribution is -2.42. The zero-order valence-corrected chi connectivity index (χ0v) is 10.3. The summed E-state index contributed by atoms with van der Waals surface area (Å²) >= 11 is 0. The Morgan fingerprint density at radius 3 is 3.05 bits per heavy atom. The van der Waals surface area contributed by atoms with Gasteiger partial charge in [-0.05, 0) is 6.07 Å². The highest BCUT2D eigenvalue weighted by atomic mass is 16.6. The van der Waals surface area contributed by atoms with Gasteiger partial charge in [0.1, 0.15) is 0 Å². The van der Waals surface area contributed by atoms with Crippen LogP contribution in [0.25, 0.3) is 0 Å². The Morgan fingerprint density at radius 1 is 1.68 bits per heavy atom. The fourth-order valence-corrected chi connectivity index (χ4v) is 2.11. The lowest BCUT2D eigenvalue weighted by molar-refractivity contribution is -0.384. The van der Waals surface area contributed by atoms with Crippen molar-refractivity contribution in [3.05, 3.63) is 28.4 Å². The summed E-state index contributed by atoms with van der Waals surface area (Å²) < 4.78 is 4.53. The third kappa shape index (κ3) is 2.34. The first-order valence-corrected chi connectivity index (χ1v) is 5.63. The fourth-order valence-electron chi connectivity index (χ4n) is 2.11. The zero-order valence-electron chi connectivity index (χ0n) is 10.3. The number of pyridine rings is 1. The minimum atomic E-state index is -1.64. The van der Waals surface area contributed by atoms with E-state index in [0.717, 1.165) is 0 Å². The average molecular weight is 267 g/mol. The molecule has 0 bridgehead atoms. The Bertz CT molecular complexity index is 521. The maximum Gasteiger partial charge on any atom is 0.339 e. The molecule has 1 atom stereocenters. The van der Waals surface area contributed by atoms with Gasteiger partial charge in [0.2, 0.25) is 5.82 Å². The molecule has 1 fully saturated rings. The molecule has 0 aliphatic carbocycles. The number of aromatic nitrogens is 1. The van der Waals surface area contributed by atoms with E-state index >= 15 is 0 Å². The van der Waals surface area contributed by atoms with Crippen LogP contribution in [0.2, 0.25) is 0 Å². The van der Waals surface area contributed by atoms with Crippen molar-refractivity contribution in [1.29, 1.82) is 0 Å². The Hall–Kier alpha value is -2.22. The normalized spacial score (nSPS) is 22.3. The predicted octanol–water partition coefficient (Wildman–Crippen LogP) is 0.104. The number of ether oxygens (including phenoxy) is 1. The van der Waals surface area contributed by atoms with Crippen LogP contribution >= 0.6 is 0 Å². The first-order valence-electron chi connectivity index (χ1n) is 5.63. The summed E-state index contributed by atoms with van der Waals surface area (Å²) in [7, 11) is 1.19. The highest BCUT2D eigenvalue weighted by Crippen LogP contribution is 2.31. The Balaban J connectivity index is 2.27. The Morgan fingerprint density at radius 2 is 2.42 bits per heavy atom. The van der Waals surface area contributed by atoms with Crippen molar-refractivity contribution >= 4 is 17.5 Å². The lowest BCUT2D eigenvalue weighted by Gasteiger charge is -2.21. The summed E-state index contributed by atoms with van der Waals surface area (Å²) in [6.45, 7) is 0.223. The standard InChI is InChI=1S/C11H13N3O5/c1-19-10(15)11(16)4-6-13(7-11)9-8(14(17)18)3-2-5-12-9/h2-3,5,16H,4,6-7H2,1H3. The molecule has 1 aromatic heterocycles. The predicted molar refractivity (Wildman–Crippen MR) is 64.7 cm³/mol. The number of hydrogen-bond acceptors (Lipinski definition) is 7. The third-order valence-electron chi connectivity index (χ3n) is 3.08. The number of anilines is 1. The van der Waals surface area contributed by atoms with E-state index < -0.39 is 16.5 Å². The van der Waals surface area contributed by atoms with Crippen LogP contribution in [0.4, 0.5) is 11.5 Å². The van der Waals surface area contributed by atoms with Gasteiger partial charge in [-0.25, -0.2) is 9.78 Å². The maximum absolute atomic E-state index is 11.5. The van der Waals surface area contributed by atoms with Gasteiger partial charge in [-0.1, -0.05) is 0 Å². The molecule has 1 saturated heterocycles. The molecule has 8 nitrogen and oxygen atoms in total. The van der Waals surface area contributed by atoms with E-state index in [1.54, 1.807) is 0 Å². The van der Waals surface area contributed by atoms with Crippen LogP contribution in [0.1, 0.15) is 6.42 Å². The monoisotopic (exact) mass is 267 g/mol. The number of esters is 1. The van der Waals surface area contributed by atoms with Crippen LogP contribution in [0.5, 0.6) is 0 Å². The number of aliphatic hydroxyl groups is 1. The van der Waals surface area contributed by atoms with Gasteiger partial charge in [0.25, 0.3) is 0 Å². The molecule has 1 N–H and O–H groups in total. The number of rotatable bonds is 3. The van der Waals surface area contributed by atoms with Gasteiger partial charge < -0.3 is 14.7 Å². The average Bonchev–Trinajstić information content (AvgIpc) is 2.81. The van der Waals surface area contributed by atoms with Crippen molar-refractivity contribution in [3.63, 3.8) is 0 Å². The molecule has 2 heterocycles. The second-order valence-corrected chi connectivity index (χ2v) is 4.30. The van der Waals surface area contributed by atoms with E-state index in [0.29, 0.717) is 6.54 Å². The fraction of sp³-hybridized carbons (Fsp3) is 0.455. The van der Waals surface area contributed by atoms with Gasteiger partial charge in [-0.2, -0.15) is 0 Å². The van der Waals surface area contributed by atoms with Crippen molar-refractivity contribution < 1.29 is 19.6 Å². The summed E-state index contributed by atoms with van der Waals surface area (Å²) in [6.07, 6.45) is 1.57. The molecule has 19 heavy (non-hydrogen) atoms. The molecule has 1 unspecified atom stereocenters. The molecule has 2 rings (SSSR count). The number of hydrogen-bond donors (Lipinski definition) is 1. The second-order valence-electron chi connectivity index (χ2n) is 4.30. The molecule has 0 amide bonds. The first-order chi connectivity index (χ1) is 8.98. The number of nitro groups is 1. The van der Waals surface area contributed by atoms with E-state index in [1.165, 1.54) is 30.3 Å². The number of carbonyl (C=O) groups is 1. The van der Waals surface area contributed by atoms with Crippen LogP contribution < -0.4 is 4.90 Å². The van der Waals surface area contributed by atoms with Crippen molar-refractivity contribution in [2.75, 3.05) is 25.1 Å². The highest BCUT2D eigenvalue weighted by Gasteiger charge is 2.45. The van der Waals surface area contributed by atoms with Gasteiger partial charge in [-0.15, -0.1) is 0 Å². The molecule has 0 aromatic carbocycles. The molecule has 8 heteroatoms. The molecule has 0 saturated carbocycles. The van der Waals surface area contributed by atoms with Crippen molar-refractivity contribution in [1.82, 2.24) is 4.98 Å². The minimum absolute atomic E-state index is 0.0719. The van der Waals surface area contributed by atoms with Crippen LogP contribution in [0, 0.1) is 10.1 Å². The molecule has 1 aliphatic rings. The van der Waals surface area contributed by atoms with Crippen molar-refractivity contribution in [2.45, 2.75) is 12.0 Å². The zero-order chi connectivity index (χ0) is 14.0. The lowest BCUT2D eigenvalue weighted by atomic mass is 10.0. The number of methoxy groups -OCH3 is 1. The van der Waals surface area contributed by atoms with Crippen molar-refractivity contribution in [2.24, 2.45) is 0 Å². The SMILES string of the molecule is COC(=O)C1(O)CCN(c2ncccc2[N+](=O)[O-])C1. The van der Waals surface area contributed by atoms with Gasteiger partial charge in [-0.3, -0.25) is 10.1 Å². The molecule has 102 valence electrons. The first kappa shape index (κ1) is 13.2. The van der Waals surface area contributed by atoms with E-state index in [1.807, 2.05) is 0 Å². The maximum atomic E-state index is 11.5. The van der Waals surface area contributed by atoms with Crippen LogP contribution in [0.15, 0.2) is 18.3 Å². The van der Waals surface area contributed by atoms with E-state index in [9.17, 15) is 20.0 Å². The molecule has 0 radical (unpaired) electrons. The molecule has 1 aromatic rings. The summed E-state index contributed by atoms with van der Waals surface area (Å²) in [5, 5.41) is 21.0. The minimum Gasteiger partial charge on any atom is -0.467 e. The van der Waals surface area contributed by atoms with Crippen LogP contribution in [-0.2, 0) is 9.53 Å². The van der Waals surface area contributed by atoms with Crippen LogP contribution in [0.3, 0.4) is 0 Å². The Kier molecular flexibility index (Phi) is 3.34.